The molecule has 0 saturated heterocycles. The molecule has 8 heteroatoms. The van der Waals surface area contributed by atoms with Gasteiger partial charge in [0, 0.05) is 0 Å². The third kappa shape index (κ3) is 4.96. The van der Waals surface area contributed by atoms with Crippen LogP contribution in [0.4, 0.5) is 11.4 Å². The number of rotatable bonds is 8. The first-order valence-electron chi connectivity index (χ1n) is 11.0. The van der Waals surface area contributed by atoms with Crippen molar-refractivity contribution in [3.8, 4) is 21.3 Å². The van der Waals surface area contributed by atoms with Gasteiger partial charge in [0.2, 0.25) is 5.13 Å². The molecule has 33 heavy (non-hydrogen) atoms. The Morgan fingerprint density at radius 1 is 1.09 bits per heavy atom. The van der Waals surface area contributed by atoms with E-state index in [1.54, 1.807) is 13.0 Å². The smallest absolute Gasteiger partial charge is 0.301 e. The Hall–Kier alpha value is -3.52. The zero-order chi connectivity index (χ0) is 23.4. The number of nitrogens with zero attached hydrogens (tertiary/aromatic N) is 4. The van der Waals surface area contributed by atoms with Crippen LogP contribution in [-0.2, 0) is 6.42 Å². The van der Waals surface area contributed by atoms with Crippen LogP contribution in [0.15, 0.2) is 69.6 Å². The van der Waals surface area contributed by atoms with Gasteiger partial charge in [-0.1, -0.05) is 67.6 Å². The minimum atomic E-state index is -0.283. The van der Waals surface area contributed by atoms with Crippen LogP contribution in [0.5, 0.6) is 5.75 Å². The maximum absolute atomic E-state index is 13.2. The lowest BCUT2D eigenvalue weighted by Crippen LogP contribution is -2.14. The van der Waals surface area contributed by atoms with Crippen molar-refractivity contribution in [1.82, 2.24) is 14.8 Å². The molecule has 0 saturated carbocycles. The summed E-state index contributed by atoms with van der Waals surface area (Å²) >= 11 is 1.50. The first-order chi connectivity index (χ1) is 16.0. The Bertz CT molecular complexity index is 1320. The third-order valence-corrected chi connectivity index (χ3v) is 6.11. The summed E-state index contributed by atoms with van der Waals surface area (Å²) in [6.45, 7) is 8.57. The molecule has 170 valence electrons. The van der Waals surface area contributed by atoms with Gasteiger partial charge in [-0.15, -0.1) is 10.2 Å². The molecule has 7 nitrogen and oxygen atoms in total. The average molecular weight is 462 g/mol. The maximum Gasteiger partial charge on any atom is 0.301 e. The van der Waals surface area contributed by atoms with E-state index in [0.717, 1.165) is 22.6 Å². The Labute approximate surface area is 196 Å². The van der Waals surface area contributed by atoms with E-state index < -0.39 is 0 Å². The van der Waals surface area contributed by atoms with Gasteiger partial charge in [-0.25, -0.2) is 4.98 Å². The first kappa shape index (κ1) is 22.7. The zero-order valence-corrected chi connectivity index (χ0v) is 20.0. The van der Waals surface area contributed by atoms with Gasteiger partial charge in [-0.05, 0) is 43.9 Å². The number of aromatic amines is 1. The summed E-state index contributed by atoms with van der Waals surface area (Å²) in [4.78, 5) is 19.1. The van der Waals surface area contributed by atoms with Crippen molar-refractivity contribution >= 4 is 22.7 Å². The molecule has 0 aliphatic rings. The molecule has 0 aliphatic heterocycles. The topological polar surface area (TPSA) is 84.6 Å². The predicted molar refractivity (Wildman–Crippen MR) is 133 cm³/mol. The molecule has 0 amide bonds. The van der Waals surface area contributed by atoms with Crippen LogP contribution < -0.4 is 10.3 Å². The van der Waals surface area contributed by atoms with Crippen LogP contribution in [-0.4, -0.2) is 21.4 Å². The highest BCUT2D eigenvalue weighted by molar-refractivity contribution is 7.17. The van der Waals surface area contributed by atoms with E-state index in [4.69, 9.17) is 9.72 Å². The lowest BCUT2D eigenvalue weighted by atomic mass is 10.0. The molecule has 0 spiro atoms. The average Bonchev–Trinajstić information content (AvgIpc) is 3.34. The summed E-state index contributed by atoms with van der Waals surface area (Å²) in [5.41, 5.74) is 3.26. The van der Waals surface area contributed by atoms with Crippen LogP contribution in [0.25, 0.3) is 15.6 Å². The van der Waals surface area contributed by atoms with Gasteiger partial charge in [-0.3, -0.25) is 9.89 Å². The normalized spacial score (nSPS) is 11.5. The quantitative estimate of drug-likeness (QED) is 0.300. The summed E-state index contributed by atoms with van der Waals surface area (Å²) in [6, 6.07) is 17.5. The minimum Gasteiger partial charge on any atom is -0.492 e. The Kier molecular flexibility index (Phi) is 6.84. The van der Waals surface area contributed by atoms with Crippen molar-refractivity contribution in [3.63, 3.8) is 0 Å². The lowest BCUT2D eigenvalue weighted by molar-refractivity contribution is 0.341. The third-order valence-electron chi connectivity index (χ3n) is 4.98. The number of nitrogens with one attached hydrogen (secondary N) is 1. The van der Waals surface area contributed by atoms with Crippen molar-refractivity contribution in [3.05, 3.63) is 76.3 Å². The molecule has 0 unspecified atom stereocenters. The minimum absolute atomic E-state index is 0.253. The van der Waals surface area contributed by atoms with E-state index in [1.165, 1.54) is 16.0 Å². The van der Waals surface area contributed by atoms with E-state index in [0.29, 0.717) is 34.8 Å². The number of H-pyrrole nitrogens is 1. The van der Waals surface area contributed by atoms with Crippen LogP contribution in [0.3, 0.4) is 0 Å². The lowest BCUT2D eigenvalue weighted by Gasteiger charge is -2.04. The standard InChI is InChI=1S/C25H27N5O2S/c1-5-32-21-14-10-9-13-19(21)27-28-22-17(4)29-30(24(22)31)25-26-20(15-16(2)3)23(33-25)18-11-7-6-8-12-18/h6-14,16,29H,5,15H2,1-4H3. The highest BCUT2D eigenvalue weighted by Gasteiger charge is 2.19. The molecule has 0 aliphatic carbocycles. The fraction of sp³-hybridized carbons (Fsp3) is 0.280. The number of hydrogen-bond donors (Lipinski definition) is 1. The maximum atomic E-state index is 13.2. The largest absolute Gasteiger partial charge is 0.492 e. The summed E-state index contributed by atoms with van der Waals surface area (Å²) in [6.07, 6.45) is 0.829. The number of thiazole rings is 1. The summed E-state index contributed by atoms with van der Waals surface area (Å²) in [5, 5.41) is 12.2. The summed E-state index contributed by atoms with van der Waals surface area (Å²) in [7, 11) is 0. The Balaban J connectivity index is 1.73. The number of azo groups is 1. The SMILES string of the molecule is CCOc1ccccc1N=Nc1c(C)[nH]n(-c2nc(CC(C)C)c(-c3ccccc3)s2)c1=O. The predicted octanol–water partition coefficient (Wildman–Crippen LogP) is 6.61. The number of aryl methyl sites for hydroxylation is 1. The highest BCUT2D eigenvalue weighted by atomic mass is 32.1. The number of para-hydroxylation sites is 1. The van der Waals surface area contributed by atoms with Gasteiger partial charge < -0.3 is 4.74 Å². The van der Waals surface area contributed by atoms with Crippen LogP contribution in [0.2, 0.25) is 0 Å². The van der Waals surface area contributed by atoms with Crippen molar-refractivity contribution < 1.29 is 4.74 Å². The molecule has 0 fully saturated rings. The van der Waals surface area contributed by atoms with Gasteiger partial charge in [0.05, 0.1) is 22.9 Å². The highest BCUT2D eigenvalue weighted by Crippen LogP contribution is 2.34. The summed E-state index contributed by atoms with van der Waals surface area (Å²) < 4.78 is 7.05. The van der Waals surface area contributed by atoms with Crippen molar-refractivity contribution in [2.45, 2.75) is 34.1 Å². The second-order valence-corrected chi connectivity index (χ2v) is 9.04. The van der Waals surface area contributed by atoms with E-state index in [-0.39, 0.29) is 11.2 Å². The number of hydrogen-bond acceptors (Lipinski definition) is 6. The Morgan fingerprint density at radius 2 is 1.82 bits per heavy atom. The number of aromatic nitrogens is 3. The van der Waals surface area contributed by atoms with Gasteiger partial charge in [0.15, 0.2) is 5.69 Å². The summed E-state index contributed by atoms with van der Waals surface area (Å²) in [5.74, 6) is 1.07. The Morgan fingerprint density at radius 3 is 2.55 bits per heavy atom. The molecule has 1 N–H and O–H groups in total. The van der Waals surface area contributed by atoms with Gasteiger partial charge in [-0.2, -0.15) is 4.68 Å². The molecular weight excluding hydrogens is 434 g/mol. The monoisotopic (exact) mass is 461 g/mol. The molecule has 2 aromatic carbocycles. The van der Waals surface area contributed by atoms with Gasteiger partial charge >= 0.3 is 5.56 Å². The van der Waals surface area contributed by atoms with Crippen molar-refractivity contribution in [1.29, 1.82) is 0 Å². The van der Waals surface area contributed by atoms with Crippen LogP contribution >= 0.6 is 11.3 Å². The molecule has 0 radical (unpaired) electrons. The molecule has 2 heterocycles. The van der Waals surface area contributed by atoms with Crippen LogP contribution in [0, 0.1) is 12.8 Å². The van der Waals surface area contributed by atoms with Crippen molar-refractivity contribution in [2.75, 3.05) is 6.61 Å². The second kappa shape index (κ2) is 9.95. The fourth-order valence-corrected chi connectivity index (χ4v) is 4.55. The second-order valence-electron chi connectivity index (χ2n) is 8.06. The van der Waals surface area contributed by atoms with E-state index >= 15 is 0 Å². The van der Waals surface area contributed by atoms with E-state index in [9.17, 15) is 4.79 Å². The van der Waals surface area contributed by atoms with E-state index in [1.807, 2.05) is 43.3 Å². The number of benzene rings is 2. The molecule has 2 aromatic heterocycles. The van der Waals surface area contributed by atoms with Gasteiger partial charge in [0.1, 0.15) is 11.4 Å². The molecular formula is C25H27N5O2S. The van der Waals surface area contributed by atoms with E-state index in [2.05, 4.69) is 41.3 Å². The van der Waals surface area contributed by atoms with Crippen LogP contribution in [0.1, 0.15) is 32.2 Å². The van der Waals surface area contributed by atoms with Gasteiger partial charge in [0.25, 0.3) is 0 Å². The molecule has 4 aromatic rings. The first-order valence-corrected chi connectivity index (χ1v) is 11.8. The van der Waals surface area contributed by atoms with Crippen molar-refractivity contribution in [2.24, 2.45) is 16.1 Å². The zero-order valence-electron chi connectivity index (χ0n) is 19.2. The number of ether oxygens (including phenoxy) is 1. The fourth-order valence-electron chi connectivity index (χ4n) is 3.49. The molecule has 4 rings (SSSR count). The molecule has 0 bridgehead atoms. The molecule has 0 atom stereocenters.